The number of aliphatic carboxylic acids is 1. The molecule has 0 spiro atoms. The lowest BCUT2D eigenvalue weighted by atomic mass is 9.80. The molecular weight excluding hydrogens is 451 g/mol. The van der Waals surface area contributed by atoms with Crippen molar-refractivity contribution >= 4 is 34.9 Å². The summed E-state index contributed by atoms with van der Waals surface area (Å²) < 4.78 is 25.7. The second-order valence-electron chi connectivity index (χ2n) is 8.70. The minimum atomic E-state index is -1.80. The van der Waals surface area contributed by atoms with E-state index >= 15 is 0 Å². The van der Waals surface area contributed by atoms with Gasteiger partial charge in [0.2, 0.25) is 0 Å². The Balaban J connectivity index is 2.34. The van der Waals surface area contributed by atoms with Crippen LogP contribution in [0.15, 0.2) is 42.2 Å². The number of ether oxygens (including phenoxy) is 2. The van der Waals surface area contributed by atoms with Crippen molar-refractivity contribution in [3.8, 4) is 11.1 Å². The number of carbonyl (C=O) groups excluding carboxylic acids is 2. The van der Waals surface area contributed by atoms with Crippen LogP contribution in [-0.4, -0.2) is 34.0 Å². The molecule has 6 nitrogen and oxygen atoms in total. The van der Waals surface area contributed by atoms with Crippen LogP contribution in [0.4, 0.5) is 4.39 Å². The second kappa shape index (κ2) is 8.72. The molecule has 0 unspecified atom stereocenters. The first-order valence-corrected chi connectivity index (χ1v) is 10.7. The lowest BCUT2D eigenvalue weighted by Gasteiger charge is -2.42. The summed E-state index contributed by atoms with van der Waals surface area (Å²) in [6.45, 7) is 8.22. The van der Waals surface area contributed by atoms with E-state index in [0.29, 0.717) is 17.5 Å². The predicted molar refractivity (Wildman–Crippen MR) is 121 cm³/mol. The van der Waals surface area contributed by atoms with Crippen LogP contribution in [0.2, 0.25) is 5.02 Å². The summed E-state index contributed by atoms with van der Waals surface area (Å²) in [5.74, 6) is -4.57. The predicted octanol–water partition coefficient (Wildman–Crippen LogP) is 5.20. The quantitative estimate of drug-likeness (QED) is 0.483. The van der Waals surface area contributed by atoms with Gasteiger partial charge in [-0.1, -0.05) is 30.7 Å². The fourth-order valence-corrected chi connectivity index (χ4v) is 4.16. The highest BCUT2D eigenvalue weighted by atomic mass is 35.5. The maximum absolute atomic E-state index is 14.6. The number of hydrogen-bond acceptors (Lipinski definition) is 5. The van der Waals surface area contributed by atoms with E-state index in [1.165, 1.54) is 12.1 Å². The summed E-state index contributed by atoms with van der Waals surface area (Å²) >= 11 is 5.88. The van der Waals surface area contributed by atoms with Crippen LogP contribution in [0, 0.1) is 5.82 Å². The largest absolute Gasteiger partial charge is 0.473 e. The lowest BCUT2D eigenvalue weighted by Crippen LogP contribution is -2.50. The molecule has 33 heavy (non-hydrogen) atoms. The Hall–Kier alpha value is -3.03. The Morgan fingerprint density at radius 1 is 1.06 bits per heavy atom. The zero-order valence-corrected chi connectivity index (χ0v) is 19.7. The number of benzene rings is 2. The molecular formula is C25H24ClFO6. The van der Waals surface area contributed by atoms with Crippen molar-refractivity contribution in [1.82, 2.24) is 0 Å². The molecule has 1 aliphatic heterocycles. The van der Waals surface area contributed by atoms with Crippen molar-refractivity contribution in [3.63, 3.8) is 0 Å². The maximum Gasteiger partial charge on any atom is 0.422 e. The maximum atomic E-state index is 14.6. The third-order valence-electron chi connectivity index (χ3n) is 5.43. The van der Waals surface area contributed by atoms with Crippen LogP contribution < -0.4 is 0 Å². The third kappa shape index (κ3) is 4.70. The molecule has 8 heteroatoms. The number of rotatable bonds is 4. The first-order chi connectivity index (χ1) is 15.3. The lowest BCUT2D eigenvalue weighted by molar-refractivity contribution is -0.172. The molecule has 1 heterocycles. The Kier molecular flexibility index (Phi) is 6.51. The fourth-order valence-electron chi connectivity index (χ4n) is 4.00. The zero-order valence-electron chi connectivity index (χ0n) is 18.9. The van der Waals surface area contributed by atoms with Crippen molar-refractivity contribution in [3.05, 3.63) is 64.1 Å². The van der Waals surface area contributed by atoms with Gasteiger partial charge in [-0.15, -0.1) is 0 Å². The third-order valence-corrected chi connectivity index (χ3v) is 5.66. The molecule has 0 saturated carbocycles. The van der Waals surface area contributed by atoms with Crippen molar-refractivity contribution in [2.75, 3.05) is 0 Å². The Morgan fingerprint density at radius 2 is 1.73 bits per heavy atom. The van der Waals surface area contributed by atoms with E-state index in [4.69, 9.17) is 26.2 Å². The molecule has 3 rings (SSSR count). The Labute approximate surface area is 196 Å². The summed E-state index contributed by atoms with van der Waals surface area (Å²) in [5.41, 5.74) is -0.678. The summed E-state index contributed by atoms with van der Waals surface area (Å²) in [6, 6.07) is 9.38. The van der Waals surface area contributed by atoms with Gasteiger partial charge >= 0.3 is 11.9 Å². The van der Waals surface area contributed by atoms with Gasteiger partial charge < -0.3 is 14.6 Å². The number of Topliss-reactive ketones (excluding diaryl/α,β-unsaturated/α-hetero) is 1. The number of esters is 1. The Bertz CT molecular complexity index is 1200. The highest BCUT2D eigenvalue weighted by Gasteiger charge is 2.49. The standard InChI is InChI=1S/C25H24ClFO6/c1-6-13-7-8-14(16-10-9-15(26)12-18(16)27)11-17(13)19-20(28)24(2,3)33-25(4,5)21(19)32-23(31)22(29)30/h7-12H,6H2,1-5H3,(H,29,30). The number of hydrogen-bond donors (Lipinski definition) is 1. The van der Waals surface area contributed by atoms with Crippen LogP contribution in [0.25, 0.3) is 16.7 Å². The number of halogens is 2. The zero-order chi connectivity index (χ0) is 24.7. The van der Waals surface area contributed by atoms with Gasteiger partial charge in [-0.2, -0.15) is 0 Å². The summed E-state index contributed by atoms with van der Waals surface area (Å²) in [5, 5.41) is 9.33. The van der Waals surface area contributed by atoms with Crippen LogP contribution in [-0.2, 0) is 30.3 Å². The van der Waals surface area contributed by atoms with Crippen LogP contribution >= 0.6 is 11.6 Å². The highest BCUT2D eigenvalue weighted by Crippen LogP contribution is 2.43. The van der Waals surface area contributed by atoms with Gasteiger partial charge in [-0.3, -0.25) is 4.79 Å². The van der Waals surface area contributed by atoms with Crippen molar-refractivity contribution in [2.24, 2.45) is 0 Å². The van der Waals surface area contributed by atoms with Crippen molar-refractivity contribution < 1.29 is 33.4 Å². The molecule has 0 bridgehead atoms. The van der Waals surface area contributed by atoms with E-state index in [1.54, 1.807) is 52.0 Å². The molecule has 0 aliphatic carbocycles. The normalized spacial score (nSPS) is 17.1. The first kappa shape index (κ1) is 24.6. The first-order valence-electron chi connectivity index (χ1n) is 10.3. The molecule has 0 fully saturated rings. The average Bonchev–Trinajstić information content (AvgIpc) is 2.71. The summed E-state index contributed by atoms with van der Waals surface area (Å²) in [4.78, 5) is 36.7. The van der Waals surface area contributed by atoms with Gasteiger partial charge in [0.15, 0.2) is 11.5 Å². The minimum absolute atomic E-state index is 0.0268. The van der Waals surface area contributed by atoms with Crippen LogP contribution in [0.5, 0.6) is 0 Å². The van der Waals surface area contributed by atoms with E-state index in [9.17, 15) is 18.8 Å². The molecule has 0 aromatic heterocycles. The molecule has 2 aromatic carbocycles. The minimum Gasteiger partial charge on any atom is -0.473 e. The highest BCUT2D eigenvalue weighted by molar-refractivity contribution is 6.31. The molecule has 2 aromatic rings. The number of carbonyl (C=O) groups is 3. The van der Waals surface area contributed by atoms with E-state index in [0.717, 1.165) is 5.56 Å². The Morgan fingerprint density at radius 3 is 2.30 bits per heavy atom. The molecule has 0 saturated heterocycles. The molecule has 0 amide bonds. The topological polar surface area (TPSA) is 89.9 Å². The monoisotopic (exact) mass is 474 g/mol. The molecule has 1 aliphatic rings. The van der Waals surface area contributed by atoms with Crippen LogP contribution in [0.3, 0.4) is 0 Å². The molecule has 1 N–H and O–H groups in total. The molecule has 0 atom stereocenters. The fraction of sp³-hybridized carbons (Fsp3) is 0.320. The van der Waals surface area contributed by atoms with Crippen molar-refractivity contribution in [1.29, 1.82) is 0 Å². The van der Waals surface area contributed by atoms with E-state index in [-0.39, 0.29) is 21.9 Å². The summed E-state index contributed by atoms with van der Waals surface area (Å²) in [6.07, 6.45) is 0.511. The number of carboxylic acid groups (broad SMARTS) is 1. The van der Waals surface area contributed by atoms with Crippen molar-refractivity contribution in [2.45, 2.75) is 52.2 Å². The van der Waals surface area contributed by atoms with Gasteiger partial charge in [0.05, 0.1) is 5.57 Å². The van der Waals surface area contributed by atoms with Gasteiger partial charge in [-0.05, 0) is 75.1 Å². The average molecular weight is 475 g/mol. The van der Waals surface area contributed by atoms with E-state index in [1.807, 2.05) is 6.92 Å². The number of carboxylic acids is 1. The number of aryl methyl sites for hydroxylation is 1. The van der Waals surface area contributed by atoms with Gasteiger partial charge in [-0.25, -0.2) is 14.0 Å². The van der Waals surface area contributed by atoms with E-state index in [2.05, 4.69) is 0 Å². The molecule has 174 valence electrons. The number of ketones is 1. The van der Waals surface area contributed by atoms with Gasteiger partial charge in [0.25, 0.3) is 0 Å². The SMILES string of the molecule is CCc1ccc(-c2ccc(Cl)cc2F)cc1C1=C(OC(=O)C(=O)O)C(C)(C)OC(C)(C)C1=O. The molecule has 0 radical (unpaired) electrons. The van der Waals surface area contributed by atoms with Gasteiger partial charge in [0, 0.05) is 10.6 Å². The smallest absolute Gasteiger partial charge is 0.422 e. The van der Waals surface area contributed by atoms with E-state index < -0.39 is 34.7 Å². The summed E-state index contributed by atoms with van der Waals surface area (Å²) in [7, 11) is 0. The second-order valence-corrected chi connectivity index (χ2v) is 9.14. The van der Waals surface area contributed by atoms with Crippen LogP contribution in [0.1, 0.15) is 45.7 Å². The van der Waals surface area contributed by atoms with Gasteiger partial charge in [0.1, 0.15) is 17.0 Å².